The second-order valence-electron chi connectivity index (χ2n) is 2.60. The molecule has 68 valence electrons. The maximum Gasteiger partial charge on any atom is 0.410 e. The van der Waals surface area contributed by atoms with E-state index in [0.717, 1.165) is 13.2 Å². The number of halogens is 1. The van der Waals surface area contributed by atoms with Crippen molar-refractivity contribution in [2.45, 2.75) is 33.2 Å². The Hall–Kier alpha value is 0.867. The minimum absolute atomic E-state index is 0.517. The van der Waals surface area contributed by atoms with Crippen molar-refractivity contribution in [1.82, 2.24) is 0 Å². The van der Waals surface area contributed by atoms with Crippen LogP contribution in [0.15, 0.2) is 0 Å². The molecule has 2 nitrogen and oxygen atoms in total. The fourth-order valence-corrected chi connectivity index (χ4v) is 4.17. The minimum Gasteiger partial charge on any atom is -0.387 e. The Balaban J connectivity index is 4.01. The largest absolute Gasteiger partial charge is 0.410 e. The molecule has 0 unspecified atom stereocenters. The summed E-state index contributed by atoms with van der Waals surface area (Å²) in [6, 6.07) is -1.86. The zero-order chi connectivity index (χ0) is 8.91. The lowest BCUT2D eigenvalue weighted by Crippen LogP contribution is -2.38. The molecule has 0 heterocycles. The lowest BCUT2D eigenvalue weighted by atomic mass is 10.6. The highest BCUT2D eigenvalue weighted by atomic mass is 127. The lowest BCUT2D eigenvalue weighted by Gasteiger charge is -2.27. The summed E-state index contributed by atoms with van der Waals surface area (Å²) in [5.41, 5.74) is 0.517. The van der Waals surface area contributed by atoms with Crippen LogP contribution in [0.5, 0.6) is 0 Å². The first-order valence-electron chi connectivity index (χ1n) is 4.03. The fraction of sp³-hybridized carbons (Fsp3) is 1.00. The summed E-state index contributed by atoms with van der Waals surface area (Å²) in [6.07, 6.45) is 0. The third-order valence-corrected chi connectivity index (χ3v) is 9.72. The van der Waals surface area contributed by atoms with Crippen LogP contribution >= 0.6 is 21.8 Å². The van der Waals surface area contributed by atoms with Gasteiger partial charge in [-0.25, -0.2) is 0 Å². The topological polar surface area (TPSA) is 18.5 Å². The summed E-state index contributed by atoms with van der Waals surface area (Å²) in [6.45, 7) is 9.86. The smallest absolute Gasteiger partial charge is 0.387 e. The second kappa shape index (κ2) is 5.50. The summed E-state index contributed by atoms with van der Waals surface area (Å²) in [5, 5.41) is 0. The van der Waals surface area contributed by atoms with Gasteiger partial charge in [0, 0.05) is 18.8 Å². The van der Waals surface area contributed by atoms with E-state index in [2.05, 4.69) is 35.6 Å². The first-order chi connectivity index (χ1) is 5.06. The van der Waals surface area contributed by atoms with Crippen LogP contribution in [0.1, 0.15) is 27.7 Å². The predicted molar refractivity (Wildman–Crippen MR) is 58.1 cm³/mol. The molecule has 0 saturated carbocycles. The minimum atomic E-state index is -1.86. The molecule has 0 fully saturated rings. The normalized spacial score (nSPS) is 12.5. The molecule has 0 atom stereocenters. The van der Waals surface area contributed by atoms with Gasteiger partial charge in [0.25, 0.3) is 0 Å². The third kappa shape index (κ3) is 3.87. The molecule has 0 aromatic heterocycles. The van der Waals surface area contributed by atoms with E-state index in [-0.39, 0.29) is 0 Å². The molecule has 0 spiro atoms. The van der Waals surface area contributed by atoms with Crippen LogP contribution in [0.25, 0.3) is 0 Å². The monoisotopic (exact) mass is 288 g/mol. The Morgan fingerprint density at radius 3 is 1.73 bits per heavy atom. The Morgan fingerprint density at radius 2 is 1.55 bits per heavy atom. The molecular formula is C7H17IO2Si. The van der Waals surface area contributed by atoms with Crippen molar-refractivity contribution in [3.05, 3.63) is 0 Å². The molecular weight excluding hydrogens is 271 g/mol. The van der Waals surface area contributed by atoms with Crippen LogP contribution in [0.2, 0.25) is 5.54 Å². The van der Waals surface area contributed by atoms with Gasteiger partial charge in [-0.2, -0.15) is 0 Å². The average Bonchev–Trinajstić information content (AvgIpc) is 1.88. The second-order valence-corrected chi connectivity index (χ2v) is 10.0. The van der Waals surface area contributed by atoms with Gasteiger partial charge in [-0.3, -0.25) is 0 Å². The molecule has 0 N–H and O–H groups in total. The fourth-order valence-electron chi connectivity index (χ4n) is 0.769. The Bertz CT molecular complexity index is 103. The van der Waals surface area contributed by atoms with Crippen molar-refractivity contribution in [1.29, 1.82) is 0 Å². The van der Waals surface area contributed by atoms with Gasteiger partial charge < -0.3 is 8.85 Å². The molecule has 0 aliphatic rings. The molecule has 0 radical (unpaired) electrons. The highest BCUT2D eigenvalue weighted by Crippen LogP contribution is 2.29. The van der Waals surface area contributed by atoms with Crippen LogP contribution in [0.3, 0.4) is 0 Å². The summed E-state index contributed by atoms with van der Waals surface area (Å²) >= 11 is 2.36. The van der Waals surface area contributed by atoms with Gasteiger partial charge in [0.05, 0.1) is 0 Å². The maximum absolute atomic E-state index is 5.63. The molecule has 0 amide bonds. The van der Waals surface area contributed by atoms with Gasteiger partial charge in [0.1, 0.15) is 0 Å². The van der Waals surface area contributed by atoms with Crippen molar-refractivity contribution < 1.29 is 8.85 Å². The van der Waals surface area contributed by atoms with E-state index in [0.29, 0.717) is 5.54 Å². The van der Waals surface area contributed by atoms with E-state index in [1.165, 1.54) is 0 Å². The molecule has 0 bridgehead atoms. The van der Waals surface area contributed by atoms with E-state index < -0.39 is 6.06 Å². The van der Waals surface area contributed by atoms with Gasteiger partial charge in [0.15, 0.2) is 0 Å². The Morgan fingerprint density at radius 1 is 1.18 bits per heavy atom. The molecule has 0 rings (SSSR count). The molecule has 4 heteroatoms. The van der Waals surface area contributed by atoms with Crippen LogP contribution in [0.4, 0.5) is 0 Å². The number of hydrogen-bond donors (Lipinski definition) is 0. The summed E-state index contributed by atoms with van der Waals surface area (Å²) < 4.78 is 11.3. The van der Waals surface area contributed by atoms with Crippen molar-refractivity contribution in [3.8, 4) is 0 Å². The van der Waals surface area contributed by atoms with E-state index in [1.54, 1.807) is 0 Å². The standard InChI is InChI=1S/C7H17IO2Si/c1-5-9-11(8,7(3)4)10-6-2/h7H,5-6H2,1-4H3. The summed E-state index contributed by atoms with van der Waals surface area (Å²) in [7, 11) is 0. The van der Waals surface area contributed by atoms with Gasteiger partial charge in [-0.05, 0) is 35.6 Å². The van der Waals surface area contributed by atoms with Gasteiger partial charge in [-0.15, -0.1) is 0 Å². The van der Waals surface area contributed by atoms with E-state index in [9.17, 15) is 0 Å². The number of hydrogen-bond acceptors (Lipinski definition) is 2. The average molecular weight is 288 g/mol. The zero-order valence-electron chi connectivity index (χ0n) is 7.69. The quantitative estimate of drug-likeness (QED) is 0.440. The lowest BCUT2D eigenvalue weighted by molar-refractivity contribution is 0.202. The molecule has 0 aromatic rings. The Labute approximate surface area is 83.1 Å². The SMILES string of the molecule is CCO[Si](I)(OCC)C(C)C. The first-order valence-corrected chi connectivity index (χ1v) is 9.04. The van der Waals surface area contributed by atoms with Crippen LogP contribution < -0.4 is 0 Å². The van der Waals surface area contributed by atoms with E-state index in [1.807, 2.05) is 13.8 Å². The Kier molecular flexibility index (Phi) is 5.94. The molecule has 11 heavy (non-hydrogen) atoms. The molecule has 0 saturated heterocycles. The highest BCUT2D eigenvalue weighted by molar-refractivity contribution is 14.1. The third-order valence-electron chi connectivity index (χ3n) is 1.37. The van der Waals surface area contributed by atoms with E-state index in [4.69, 9.17) is 8.85 Å². The maximum atomic E-state index is 5.63. The summed E-state index contributed by atoms with van der Waals surface area (Å²) in [4.78, 5) is 0. The van der Waals surface area contributed by atoms with Gasteiger partial charge in [-0.1, -0.05) is 13.8 Å². The van der Waals surface area contributed by atoms with Crippen LogP contribution in [-0.2, 0) is 8.85 Å². The highest BCUT2D eigenvalue weighted by Gasteiger charge is 2.37. The van der Waals surface area contributed by atoms with Crippen molar-refractivity contribution in [2.24, 2.45) is 0 Å². The molecule has 0 aliphatic heterocycles. The van der Waals surface area contributed by atoms with Crippen LogP contribution in [0, 0.1) is 0 Å². The van der Waals surface area contributed by atoms with Crippen molar-refractivity contribution in [2.75, 3.05) is 13.2 Å². The zero-order valence-corrected chi connectivity index (χ0v) is 10.8. The van der Waals surface area contributed by atoms with E-state index >= 15 is 0 Å². The predicted octanol–water partition coefficient (Wildman–Crippen LogP) is 2.84. The van der Waals surface area contributed by atoms with Gasteiger partial charge >= 0.3 is 6.06 Å². The van der Waals surface area contributed by atoms with Crippen LogP contribution in [-0.4, -0.2) is 19.3 Å². The number of rotatable bonds is 5. The van der Waals surface area contributed by atoms with Gasteiger partial charge in [0.2, 0.25) is 0 Å². The molecule has 0 aromatic carbocycles. The molecule has 0 aliphatic carbocycles. The van der Waals surface area contributed by atoms with Crippen molar-refractivity contribution in [3.63, 3.8) is 0 Å². The van der Waals surface area contributed by atoms with Crippen molar-refractivity contribution >= 4 is 27.9 Å². The first kappa shape index (κ1) is 11.9. The summed E-state index contributed by atoms with van der Waals surface area (Å²) in [5.74, 6) is 0.